The quantitative estimate of drug-likeness (QED) is 0.0308. The van der Waals surface area contributed by atoms with Gasteiger partial charge in [-0.25, -0.2) is 9.69 Å². The maximum atomic E-state index is 13.8. The summed E-state index contributed by atoms with van der Waals surface area (Å²) >= 11 is 0. The number of hydrogen-bond acceptors (Lipinski definition) is 10. The van der Waals surface area contributed by atoms with E-state index in [-0.39, 0.29) is 38.7 Å². The van der Waals surface area contributed by atoms with Crippen molar-refractivity contribution in [2.24, 2.45) is 0 Å². The third-order valence-electron chi connectivity index (χ3n) is 11.3. The number of rotatable bonds is 12. The monoisotopic (exact) mass is 1000 g/mol. The van der Waals surface area contributed by atoms with Gasteiger partial charge < -0.3 is 20.2 Å². The molecule has 4 amide bonds. The number of nitrogens with one attached hydrogen (secondary N) is 6. The van der Waals surface area contributed by atoms with Crippen LogP contribution < -0.4 is 32.3 Å². The molecule has 4 aromatic rings. The highest BCUT2D eigenvalue weighted by molar-refractivity contribution is 6.74. The van der Waals surface area contributed by atoms with Crippen molar-refractivity contribution < 1.29 is 55.1 Å². The fourth-order valence-corrected chi connectivity index (χ4v) is 7.80. The number of carbonyl (C=O) groups is 4. The van der Waals surface area contributed by atoms with Crippen LogP contribution in [-0.2, 0) is 26.4 Å². The van der Waals surface area contributed by atoms with Gasteiger partial charge in [-0.1, -0.05) is 32.9 Å². The molecule has 0 unspecified atom stereocenters. The minimum Gasteiger partial charge on any atom is -0.412 e. The SMILES string of the molecule is [C-]#[N+]c1ccc(N[C@@H](C(=O)NNC(=O)c2ccc(C#N)cc2)[C@H](C)O)c(C)c1C(F)(F)F.[C-]#[N+]c1ccc(N[C@@H](C(=O)NNC(=O)c2ccc(C#N)cc2)[C@H](C)O[Si](C)(C)C(C)(C)C)c(C)c1C(F)(F)F. The minimum absolute atomic E-state index is 0.000949. The van der Waals surface area contributed by atoms with Crippen molar-refractivity contribution in [2.45, 2.75) is 103 Å². The highest BCUT2D eigenvalue weighted by Gasteiger charge is 2.42. The lowest BCUT2D eigenvalue weighted by Gasteiger charge is -2.40. The zero-order chi connectivity index (χ0) is 53.8. The number of nitriles is 2. The lowest BCUT2D eigenvalue weighted by Crippen LogP contribution is -2.55. The van der Waals surface area contributed by atoms with Gasteiger partial charge in [0.15, 0.2) is 19.7 Å². The average Bonchev–Trinajstić information content (AvgIpc) is 3.29. The summed E-state index contributed by atoms with van der Waals surface area (Å²) in [4.78, 5) is 56.3. The van der Waals surface area contributed by atoms with Gasteiger partial charge in [0.25, 0.3) is 23.6 Å². The zero-order valence-electron chi connectivity index (χ0n) is 39.8. The van der Waals surface area contributed by atoms with E-state index >= 15 is 0 Å². The van der Waals surface area contributed by atoms with Crippen LogP contribution in [0.1, 0.15) is 88.7 Å². The van der Waals surface area contributed by atoms with Gasteiger partial charge in [-0.15, -0.1) is 0 Å². The second-order valence-electron chi connectivity index (χ2n) is 17.3. The molecule has 0 fully saturated rings. The summed E-state index contributed by atoms with van der Waals surface area (Å²) < 4.78 is 87.8. The average molecular weight is 1010 g/mol. The fourth-order valence-electron chi connectivity index (χ4n) is 6.38. The standard InChI is InChI=1S/C27H32F3N5O3Si.C21H18F3N5O3/c1-16-20(13-14-21(32-6)22(16)27(28,29)30)33-23(17(2)38-39(7,8)26(3,4)5)25(37)35-34-24(36)19-11-9-18(15-31)10-12-19;1-11-15(8-9-16(26-3)17(11)21(22,23)24)27-18(12(2)30)20(32)29-28-19(31)14-6-4-13(10-25)5-7-14/h9-14,17,23,33H,1-5,7-8H3,(H,34,36)(H,35,37);4-9,12,18,27,30H,1-2H3,(H,28,31)(H,29,32)/t17-,23+;12-,18+/m00/s1. The van der Waals surface area contributed by atoms with Gasteiger partial charge in [0.1, 0.15) is 12.1 Å². The number of aliphatic hydroxyl groups is 1. The number of carbonyl (C=O) groups excluding carboxylic acids is 4. The molecule has 0 aliphatic rings. The highest BCUT2D eigenvalue weighted by Crippen LogP contribution is 2.43. The van der Waals surface area contributed by atoms with Crippen LogP contribution in [0.25, 0.3) is 9.69 Å². The molecule has 7 N–H and O–H groups in total. The minimum atomic E-state index is -4.79. The molecule has 0 spiro atoms. The van der Waals surface area contributed by atoms with Crippen LogP contribution in [0.5, 0.6) is 0 Å². The predicted molar refractivity (Wildman–Crippen MR) is 253 cm³/mol. The number of aliphatic hydroxyl groups excluding tert-OH is 1. The van der Waals surface area contributed by atoms with Crippen molar-refractivity contribution in [2.75, 3.05) is 10.6 Å². The van der Waals surface area contributed by atoms with E-state index in [2.05, 4.69) is 42.0 Å². The van der Waals surface area contributed by atoms with E-state index in [1.165, 1.54) is 74.5 Å². The lowest BCUT2D eigenvalue weighted by atomic mass is 10.0. The van der Waals surface area contributed by atoms with Gasteiger partial charge in [0.05, 0.1) is 59.7 Å². The number of hydrogen-bond donors (Lipinski definition) is 7. The molecule has 0 aromatic heterocycles. The molecule has 0 aliphatic heterocycles. The van der Waals surface area contributed by atoms with Gasteiger partial charge in [0.2, 0.25) is 0 Å². The van der Waals surface area contributed by atoms with Crippen LogP contribution in [0.4, 0.5) is 49.1 Å². The Balaban J connectivity index is 0.000000383. The lowest BCUT2D eigenvalue weighted by molar-refractivity contribution is -0.138. The summed E-state index contributed by atoms with van der Waals surface area (Å²) in [5.74, 6) is -3.01. The predicted octanol–water partition coefficient (Wildman–Crippen LogP) is 9.15. The third kappa shape index (κ3) is 15.0. The van der Waals surface area contributed by atoms with Crippen molar-refractivity contribution in [1.29, 1.82) is 10.5 Å². The van der Waals surface area contributed by atoms with Crippen molar-refractivity contribution in [1.82, 2.24) is 21.7 Å². The topological polar surface area (TPSA) is 226 Å². The Kier molecular flexibility index (Phi) is 19.0. The molecule has 0 radical (unpaired) electrons. The van der Waals surface area contributed by atoms with Crippen molar-refractivity contribution >= 4 is 54.7 Å². The van der Waals surface area contributed by atoms with E-state index in [0.717, 1.165) is 19.1 Å². The maximum Gasteiger partial charge on any atom is 0.407 e. The van der Waals surface area contributed by atoms with Crippen LogP contribution in [0.3, 0.4) is 0 Å². The molecule has 4 rings (SSSR count). The Hall–Kier alpha value is -7.96. The Labute approximate surface area is 407 Å². The van der Waals surface area contributed by atoms with Gasteiger partial charge in [-0.2, -0.15) is 36.9 Å². The molecule has 71 heavy (non-hydrogen) atoms. The summed E-state index contributed by atoms with van der Waals surface area (Å²) in [6.07, 6.45) is -11.7. The molecule has 16 nitrogen and oxygen atoms in total. The molecule has 23 heteroatoms. The summed E-state index contributed by atoms with van der Waals surface area (Å²) in [5, 5.41) is 32.8. The second-order valence-corrected chi connectivity index (χ2v) is 22.1. The number of halogens is 6. The van der Waals surface area contributed by atoms with E-state index in [0.29, 0.717) is 11.1 Å². The second kappa shape index (κ2) is 23.6. The largest absolute Gasteiger partial charge is 0.412 e. The molecule has 374 valence electrons. The Morgan fingerprint density at radius 1 is 0.634 bits per heavy atom. The third-order valence-corrected chi connectivity index (χ3v) is 15.8. The van der Waals surface area contributed by atoms with E-state index < -0.39 is 91.1 Å². The number of benzene rings is 4. The number of hydrazine groups is 2. The number of amides is 4. The molecule has 4 aromatic carbocycles. The van der Waals surface area contributed by atoms with Gasteiger partial charge in [0, 0.05) is 22.5 Å². The highest BCUT2D eigenvalue weighted by atomic mass is 28.4. The summed E-state index contributed by atoms with van der Waals surface area (Å²) in [7, 11) is -2.42. The molecule has 0 saturated heterocycles. The van der Waals surface area contributed by atoms with Gasteiger partial charge >= 0.3 is 12.4 Å². The Bertz CT molecular complexity index is 2790. The first-order valence-electron chi connectivity index (χ1n) is 21.2. The molecule has 0 bridgehead atoms. The van der Waals surface area contributed by atoms with Crippen LogP contribution >= 0.6 is 0 Å². The Morgan fingerprint density at radius 3 is 1.30 bits per heavy atom. The van der Waals surface area contributed by atoms with Crippen molar-refractivity contribution in [3.8, 4) is 12.1 Å². The summed E-state index contributed by atoms with van der Waals surface area (Å²) in [6.45, 7) is 29.3. The summed E-state index contributed by atoms with van der Waals surface area (Å²) in [6, 6.07) is 17.0. The number of nitrogens with zero attached hydrogens (tertiary/aromatic N) is 4. The first-order valence-corrected chi connectivity index (χ1v) is 24.1. The number of anilines is 2. The maximum absolute atomic E-state index is 13.8. The Morgan fingerprint density at radius 2 is 0.986 bits per heavy atom. The summed E-state index contributed by atoms with van der Waals surface area (Å²) in [5.41, 5.74) is 5.84. The first-order chi connectivity index (χ1) is 32.9. The van der Waals surface area contributed by atoms with Crippen LogP contribution in [0.15, 0.2) is 72.8 Å². The van der Waals surface area contributed by atoms with E-state index in [4.69, 9.17) is 28.1 Å². The van der Waals surface area contributed by atoms with Crippen LogP contribution in [0.2, 0.25) is 18.1 Å². The van der Waals surface area contributed by atoms with Gasteiger partial charge in [-0.3, -0.25) is 40.9 Å². The smallest absolute Gasteiger partial charge is 0.407 e. The molecule has 4 atom stereocenters. The van der Waals surface area contributed by atoms with Crippen molar-refractivity contribution in [3.05, 3.63) is 140 Å². The van der Waals surface area contributed by atoms with E-state index in [1.807, 2.05) is 46.0 Å². The van der Waals surface area contributed by atoms with Crippen LogP contribution in [-0.4, -0.2) is 61.3 Å². The van der Waals surface area contributed by atoms with E-state index in [1.54, 1.807) is 6.92 Å². The van der Waals surface area contributed by atoms with Gasteiger partial charge in [-0.05, 0) is 118 Å². The normalized spacial score (nSPS) is 13.1. The van der Waals surface area contributed by atoms with Crippen LogP contribution in [0, 0.1) is 49.7 Å². The van der Waals surface area contributed by atoms with Crippen molar-refractivity contribution in [3.63, 3.8) is 0 Å². The number of alkyl halides is 6. The molecular formula is C48H50F6N10O6Si. The molecule has 0 aliphatic carbocycles. The van der Waals surface area contributed by atoms with E-state index in [9.17, 15) is 50.6 Å². The molecular weight excluding hydrogens is 955 g/mol. The fraction of sp³-hybridized carbons (Fsp3) is 0.333. The first kappa shape index (κ1) is 57.4. The molecule has 0 saturated carbocycles. The zero-order valence-corrected chi connectivity index (χ0v) is 40.8. The molecule has 0 heterocycles.